The van der Waals surface area contributed by atoms with E-state index in [2.05, 4.69) is 0 Å². The molecule has 0 amide bonds. The Morgan fingerprint density at radius 1 is 1.21 bits per heavy atom. The Balaban J connectivity index is 1.99. The minimum absolute atomic E-state index is 0.0837. The molecule has 6 heteroatoms. The number of carbonyl (C=O) groups is 2. The molecule has 0 radical (unpaired) electrons. The summed E-state index contributed by atoms with van der Waals surface area (Å²) in [7, 11) is 0. The Labute approximate surface area is 112 Å². The molecule has 6 nitrogen and oxygen atoms in total. The van der Waals surface area contributed by atoms with Gasteiger partial charge in [-0.05, 0) is 6.42 Å². The summed E-state index contributed by atoms with van der Waals surface area (Å²) in [5, 5.41) is 0. The van der Waals surface area contributed by atoms with Gasteiger partial charge in [-0.3, -0.25) is 9.59 Å². The molecular formula is C13H20O6. The van der Waals surface area contributed by atoms with Crippen LogP contribution in [0.3, 0.4) is 0 Å². The first-order valence-electron chi connectivity index (χ1n) is 6.59. The van der Waals surface area contributed by atoms with E-state index in [4.69, 9.17) is 18.9 Å². The summed E-state index contributed by atoms with van der Waals surface area (Å²) < 4.78 is 21.7. The summed E-state index contributed by atoms with van der Waals surface area (Å²) in [5.74, 6) is -1.32. The molecule has 1 aliphatic heterocycles. The molecule has 0 unspecified atom stereocenters. The average Bonchev–Trinajstić information content (AvgIpc) is 2.77. The van der Waals surface area contributed by atoms with Crippen LogP contribution in [-0.4, -0.2) is 43.7 Å². The van der Waals surface area contributed by atoms with Crippen LogP contribution in [0.5, 0.6) is 0 Å². The molecule has 0 aromatic heterocycles. The predicted octanol–water partition coefficient (Wildman–Crippen LogP) is 1.02. The van der Waals surface area contributed by atoms with Crippen molar-refractivity contribution in [2.75, 3.05) is 19.8 Å². The molecule has 108 valence electrons. The highest BCUT2D eigenvalue weighted by Crippen LogP contribution is 2.40. The number of hydrogen-bond donors (Lipinski definition) is 0. The van der Waals surface area contributed by atoms with E-state index in [9.17, 15) is 9.59 Å². The first-order chi connectivity index (χ1) is 9.01. The second-order valence-corrected chi connectivity index (χ2v) is 5.06. The maximum atomic E-state index is 11.1. The van der Waals surface area contributed by atoms with Gasteiger partial charge < -0.3 is 18.9 Å². The molecule has 2 rings (SSSR count). The van der Waals surface area contributed by atoms with E-state index in [0.29, 0.717) is 32.5 Å². The SMILES string of the molecule is CC(=O)OC[C@H]1CC2(CC[C@H]1OC(C)=O)OCCO2. The number of carbonyl (C=O) groups excluding carboxylic acids is 2. The van der Waals surface area contributed by atoms with E-state index in [1.807, 2.05) is 0 Å². The lowest BCUT2D eigenvalue weighted by Crippen LogP contribution is -2.45. The van der Waals surface area contributed by atoms with Gasteiger partial charge in [0.25, 0.3) is 0 Å². The lowest BCUT2D eigenvalue weighted by atomic mass is 9.82. The Kier molecular flexibility index (Phi) is 4.42. The highest BCUT2D eigenvalue weighted by atomic mass is 16.7. The molecule has 1 spiro atoms. The Morgan fingerprint density at radius 3 is 2.47 bits per heavy atom. The van der Waals surface area contributed by atoms with Gasteiger partial charge in [0.05, 0.1) is 19.8 Å². The fourth-order valence-corrected chi connectivity index (χ4v) is 2.75. The van der Waals surface area contributed by atoms with Gasteiger partial charge in [-0.1, -0.05) is 0 Å². The van der Waals surface area contributed by atoms with Crippen molar-refractivity contribution in [1.29, 1.82) is 0 Å². The number of rotatable bonds is 3. The monoisotopic (exact) mass is 272 g/mol. The molecular weight excluding hydrogens is 252 g/mol. The summed E-state index contributed by atoms with van der Waals surface area (Å²) in [6.45, 7) is 4.14. The summed E-state index contributed by atoms with van der Waals surface area (Å²) in [6.07, 6.45) is 1.70. The van der Waals surface area contributed by atoms with Crippen molar-refractivity contribution in [1.82, 2.24) is 0 Å². The van der Waals surface area contributed by atoms with Crippen molar-refractivity contribution in [2.45, 2.75) is 45.0 Å². The van der Waals surface area contributed by atoms with E-state index in [-0.39, 0.29) is 30.6 Å². The zero-order valence-electron chi connectivity index (χ0n) is 11.3. The van der Waals surface area contributed by atoms with Gasteiger partial charge in [-0.2, -0.15) is 0 Å². The molecule has 0 bridgehead atoms. The highest BCUT2D eigenvalue weighted by molar-refractivity contribution is 5.66. The van der Waals surface area contributed by atoms with Gasteiger partial charge in [-0.15, -0.1) is 0 Å². The molecule has 0 aromatic rings. The van der Waals surface area contributed by atoms with Gasteiger partial charge in [0.1, 0.15) is 6.10 Å². The maximum absolute atomic E-state index is 11.1. The van der Waals surface area contributed by atoms with Crippen LogP contribution in [0.15, 0.2) is 0 Å². The zero-order chi connectivity index (χ0) is 13.9. The normalized spacial score (nSPS) is 29.2. The lowest BCUT2D eigenvalue weighted by Gasteiger charge is -2.40. The molecule has 1 heterocycles. The van der Waals surface area contributed by atoms with Gasteiger partial charge >= 0.3 is 11.9 Å². The topological polar surface area (TPSA) is 71.1 Å². The minimum Gasteiger partial charge on any atom is -0.465 e. The quantitative estimate of drug-likeness (QED) is 0.714. The third-order valence-electron chi connectivity index (χ3n) is 3.54. The summed E-state index contributed by atoms with van der Waals surface area (Å²) in [5.41, 5.74) is 0. The highest BCUT2D eigenvalue weighted by Gasteiger charge is 2.46. The number of esters is 2. The van der Waals surface area contributed by atoms with Crippen molar-refractivity contribution in [3.63, 3.8) is 0 Å². The van der Waals surface area contributed by atoms with Gasteiger partial charge in [0, 0.05) is 32.6 Å². The fourth-order valence-electron chi connectivity index (χ4n) is 2.75. The first-order valence-corrected chi connectivity index (χ1v) is 6.59. The van der Waals surface area contributed by atoms with E-state index in [0.717, 1.165) is 0 Å². The van der Waals surface area contributed by atoms with Crippen molar-refractivity contribution in [3.05, 3.63) is 0 Å². The molecule has 1 saturated heterocycles. The summed E-state index contributed by atoms with van der Waals surface area (Å²) >= 11 is 0. The van der Waals surface area contributed by atoms with Gasteiger partial charge in [0.2, 0.25) is 0 Å². The minimum atomic E-state index is -0.582. The molecule has 1 aliphatic carbocycles. The molecule has 19 heavy (non-hydrogen) atoms. The fraction of sp³-hybridized carbons (Fsp3) is 0.846. The third-order valence-corrected chi connectivity index (χ3v) is 3.54. The van der Waals surface area contributed by atoms with Crippen LogP contribution in [0, 0.1) is 5.92 Å². The summed E-state index contributed by atoms with van der Waals surface area (Å²) in [4.78, 5) is 22.1. The van der Waals surface area contributed by atoms with Crippen LogP contribution >= 0.6 is 0 Å². The van der Waals surface area contributed by atoms with Crippen LogP contribution in [0.1, 0.15) is 33.1 Å². The second kappa shape index (κ2) is 5.88. The Bertz CT molecular complexity index is 347. The Hall–Kier alpha value is -1.14. The largest absolute Gasteiger partial charge is 0.465 e. The molecule has 1 saturated carbocycles. The van der Waals surface area contributed by atoms with Gasteiger partial charge in [0.15, 0.2) is 5.79 Å². The van der Waals surface area contributed by atoms with E-state index >= 15 is 0 Å². The third kappa shape index (κ3) is 3.67. The van der Waals surface area contributed by atoms with Crippen molar-refractivity contribution < 1.29 is 28.5 Å². The van der Waals surface area contributed by atoms with Crippen LogP contribution < -0.4 is 0 Å². The zero-order valence-corrected chi connectivity index (χ0v) is 11.3. The maximum Gasteiger partial charge on any atom is 0.302 e. The Morgan fingerprint density at radius 2 is 1.89 bits per heavy atom. The average molecular weight is 272 g/mol. The second-order valence-electron chi connectivity index (χ2n) is 5.06. The van der Waals surface area contributed by atoms with Crippen molar-refractivity contribution in [2.24, 2.45) is 5.92 Å². The molecule has 2 fully saturated rings. The van der Waals surface area contributed by atoms with E-state index in [1.54, 1.807) is 0 Å². The van der Waals surface area contributed by atoms with E-state index in [1.165, 1.54) is 13.8 Å². The first kappa shape index (κ1) is 14.3. The van der Waals surface area contributed by atoms with Crippen LogP contribution in [0.2, 0.25) is 0 Å². The van der Waals surface area contributed by atoms with E-state index < -0.39 is 5.79 Å². The smallest absolute Gasteiger partial charge is 0.302 e. The van der Waals surface area contributed by atoms with Gasteiger partial charge in [-0.25, -0.2) is 0 Å². The number of ether oxygens (including phenoxy) is 4. The molecule has 2 atom stereocenters. The molecule has 0 N–H and O–H groups in total. The lowest BCUT2D eigenvalue weighted by molar-refractivity contribution is -0.213. The summed E-state index contributed by atoms with van der Waals surface area (Å²) in [6, 6.07) is 0. The number of hydrogen-bond acceptors (Lipinski definition) is 6. The van der Waals surface area contributed by atoms with Crippen molar-refractivity contribution in [3.8, 4) is 0 Å². The molecule has 0 aromatic carbocycles. The van der Waals surface area contributed by atoms with Crippen LogP contribution in [-0.2, 0) is 28.5 Å². The standard InChI is InChI=1S/C13H20O6/c1-9(14)16-8-11-7-13(17-5-6-18-13)4-3-12(11)19-10(2)15/h11-12H,3-8H2,1-2H3/t11-,12-/m1/s1. The van der Waals surface area contributed by atoms with Crippen LogP contribution in [0.25, 0.3) is 0 Å². The van der Waals surface area contributed by atoms with Crippen LogP contribution in [0.4, 0.5) is 0 Å². The van der Waals surface area contributed by atoms with Crippen molar-refractivity contribution >= 4 is 11.9 Å². The molecule has 2 aliphatic rings. The predicted molar refractivity (Wildman–Crippen MR) is 64.2 cm³/mol.